The van der Waals surface area contributed by atoms with Crippen LogP contribution in [-0.2, 0) is 0 Å². The molecule has 0 bridgehead atoms. The highest BCUT2D eigenvalue weighted by Gasteiger charge is 2.15. The lowest BCUT2D eigenvalue weighted by Gasteiger charge is -2.19. The quantitative estimate of drug-likeness (QED) is 0.749. The number of hydrogen-bond acceptors (Lipinski definition) is 3. The van der Waals surface area contributed by atoms with Crippen LogP contribution in [0.3, 0.4) is 0 Å². The van der Waals surface area contributed by atoms with Crippen LogP contribution in [0.5, 0.6) is 17.2 Å². The number of ether oxygens (including phenoxy) is 3. The van der Waals surface area contributed by atoms with E-state index in [2.05, 4.69) is 15.9 Å². The van der Waals surface area contributed by atoms with Gasteiger partial charge in [0.15, 0.2) is 0 Å². The van der Waals surface area contributed by atoms with Crippen molar-refractivity contribution in [1.82, 2.24) is 0 Å². The largest absolute Gasteiger partial charge is 0.491 e. The second-order valence-electron chi connectivity index (χ2n) is 5.23. The normalized spacial score (nSPS) is 11.3. The van der Waals surface area contributed by atoms with Gasteiger partial charge in [0.1, 0.15) is 21.7 Å². The van der Waals surface area contributed by atoms with Gasteiger partial charge in [-0.2, -0.15) is 0 Å². The Balaban J connectivity index is 3.13. The van der Waals surface area contributed by atoms with E-state index >= 15 is 0 Å². The first-order valence-electron chi connectivity index (χ1n) is 6.63. The van der Waals surface area contributed by atoms with Crippen molar-refractivity contribution in [2.45, 2.75) is 59.9 Å². The van der Waals surface area contributed by atoms with Gasteiger partial charge in [-0.05, 0) is 57.5 Å². The van der Waals surface area contributed by atoms with Gasteiger partial charge in [0, 0.05) is 12.1 Å². The van der Waals surface area contributed by atoms with Crippen molar-refractivity contribution in [1.29, 1.82) is 0 Å². The lowest BCUT2D eigenvalue weighted by atomic mass is 10.3. The zero-order valence-electron chi connectivity index (χ0n) is 12.5. The van der Waals surface area contributed by atoms with Crippen LogP contribution in [0.25, 0.3) is 0 Å². The van der Waals surface area contributed by atoms with E-state index in [9.17, 15) is 0 Å². The molecule has 1 aromatic carbocycles. The average Bonchev–Trinajstić information content (AvgIpc) is 2.22. The molecule has 3 nitrogen and oxygen atoms in total. The Kier molecular flexibility index (Phi) is 5.98. The molecular weight excluding hydrogens is 308 g/mol. The second kappa shape index (κ2) is 7.04. The summed E-state index contributed by atoms with van der Waals surface area (Å²) in [6, 6.07) is 3.77. The minimum Gasteiger partial charge on any atom is -0.491 e. The zero-order valence-corrected chi connectivity index (χ0v) is 14.1. The number of hydrogen-bond donors (Lipinski definition) is 0. The molecule has 0 saturated carbocycles. The molecule has 0 aromatic heterocycles. The second-order valence-corrected chi connectivity index (χ2v) is 6.03. The maximum atomic E-state index is 5.78. The summed E-state index contributed by atoms with van der Waals surface area (Å²) in [6.07, 6.45) is 0.301. The van der Waals surface area contributed by atoms with Crippen LogP contribution < -0.4 is 14.2 Å². The summed E-state index contributed by atoms with van der Waals surface area (Å²) in [5.74, 6) is 2.23. The molecule has 19 heavy (non-hydrogen) atoms. The van der Waals surface area contributed by atoms with Gasteiger partial charge in [0.2, 0.25) is 0 Å². The Bertz CT molecular complexity index is 383. The molecule has 0 saturated heterocycles. The van der Waals surface area contributed by atoms with Crippen LogP contribution in [0.15, 0.2) is 16.6 Å². The summed E-state index contributed by atoms with van der Waals surface area (Å²) in [7, 11) is 0. The average molecular weight is 331 g/mol. The SMILES string of the molecule is CC(C)Oc1cc(OC(C)C)c(Br)c(OC(C)C)c1. The highest BCUT2D eigenvalue weighted by atomic mass is 79.9. The van der Waals surface area contributed by atoms with Crippen LogP contribution in [0, 0.1) is 0 Å². The predicted octanol–water partition coefficient (Wildman–Crippen LogP) is 4.81. The van der Waals surface area contributed by atoms with Gasteiger partial charge in [-0.1, -0.05) is 0 Å². The van der Waals surface area contributed by atoms with E-state index in [1.54, 1.807) is 0 Å². The summed E-state index contributed by atoms with van der Waals surface area (Å²) < 4.78 is 18.1. The fraction of sp³-hybridized carbons (Fsp3) is 0.600. The van der Waals surface area contributed by atoms with Crippen molar-refractivity contribution in [2.75, 3.05) is 0 Å². The molecule has 0 fully saturated rings. The van der Waals surface area contributed by atoms with Crippen LogP contribution >= 0.6 is 15.9 Å². The minimum absolute atomic E-state index is 0.0949. The lowest BCUT2D eigenvalue weighted by molar-refractivity contribution is 0.214. The predicted molar refractivity (Wildman–Crippen MR) is 81.4 cm³/mol. The number of rotatable bonds is 6. The van der Waals surface area contributed by atoms with Crippen molar-refractivity contribution in [3.05, 3.63) is 16.6 Å². The molecule has 0 heterocycles. The summed E-state index contributed by atoms with van der Waals surface area (Å²) in [5, 5.41) is 0. The maximum Gasteiger partial charge on any atom is 0.141 e. The van der Waals surface area contributed by atoms with E-state index in [4.69, 9.17) is 14.2 Å². The van der Waals surface area contributed by atoms with Gasteiger partial charge in [-0.15, -0.1) is 0 Å². The molecule has 0 spiro atoms. The van der Waals surface area contributed by atoms with E-state index in [1.807, 2.05) is 53.7 Å². The van der Waals surface area contributed by atoms with Gasteiger partial charge < -0.3 is 14.2 Å². The molecule has 0 atom stereocenters. The van der Waals surface area contributed by atoms with Crippen molar-refractivity contribution in [2.24, 2.45) is 0 Å². The smallest absolute Gasteiger partial charge is 0.141 e. The summed E-state index contributed by atoms with van der Waals surface area (Å²) in [4.78, 5) is 0. The van der Waals surface area contributed by atoms with Crippen LogP contribution in [0.1, 0.15) is 41.5 Å². The Morgan fingerprint density at radius 2 is 1.11 bits per heavy atom. The van der Waals surface area contributed by atoms with Gasteiger partial charge in [-0.25, -0.2) is 0 Å². The van der Waals surface area contributed by atoms with Gasteiger partial charge in [0.25, 0.3) is 0 Å². The van der Waals surface area contributed by atoms with Crippen molar-refractivity contribution in [3.8, 4) is 17.2 Å². The molecule has 4 heteroatoms. The standard InChI is InChI=1S/C15H23BrO3/c1-9(2)17-12-7-13(18-10(3)4)15(16)14(8-12)19-11(5)6/h7-11H,1-6H3. The molecule has 0 amide bonds. The number of benzene rings is 1. The molecule has 108 valence electrons. The summed E-state index contributed by atoms with van der Waals surface area (Å²) in [5.41, 5.74) is 0. The highest BCUT2D eigenvalue weighted by molar-refractivity contribution is 9.10. The lowest BCUT2D eigenvalue weighted by Crippen LogP contribution is -2.11. The Morgan fingerprint density at radius 1 is 0.737 bits per heavy atom. The monoisotopic (exact) mass is 330 g/mol. The van der Waals surface area contributed by atoms with E-state index < -0.39 is 0 Å². The number of halogens is 1. The Hall–Kier alpha value is -0.900. The van der Waals surface area contributed by atoms with Crippen LogP contribution in [0.4, 0.5) is 0 Å². The third-order valence-corrected chi connectivity index (χ3v) is 2.86. The molecule has 0 N–H and O–H groups in total. The molecule has 1 rings (SSSR count). The minimum atomic E-state index is 0.0949. The fourth-order valence-corrected chi connectivity index (χ4v) is 1.98. The molecule has 0 radical (unpaired) electrons. The van der Waals surface area contributed by atoms with Gasteiger partial charge >= 0.3 is 0 Å². The van der Waals surface area contributed by atoms with Gasteiger partial charge in [0.05, 0.1) is 18.3 Å². The maximum absolute atomic E-state index is 5.78. The first-order valence-corrected chi connectivity index (χ1v) is 7.42. The van der Waals surface area contributed by atoms with E-state index in [1.165, 1.54) is 0 Å². The fourth-order valence-electron chi connectivity index (χ4n) is 1.57. The van der Waals surface area contributed by atoms with Crippen molar-refractivity contribution in [3.63, 3.8) is 0 Å². The molecule has 1 aromatic rings. The molecule has 0 aliphatic heterocycles. The third-order valence-electron chi connectivity index (χ3n) is 2.08. The van der Waals surface area contributed by atoms with E-state index in [0.717, 1.165) is 21.7 Å². The summed E-state index contributed by atoms with van der Waals surface area (Å²) in [6.45, 7) is 12.0. The zero-order chi connectivity index (χ0) is 14.6. The molecular formula is C15H23BrO3. The van der Waals surface area contributed by atoms with Crippen molar-refractivity contribution < 1.29 is 14.2 Å². The third kappa shape index (κ3) is 5.31. The van der Waals surface area contributed by atoms with Gasteiger partial charge in [-0.3, -0.25) is 0 Å². The summed E-state index contributed by atoms with van der Waals surface area (Å²) >= 11 is 3.53. The molecule has 0 unspecified atom stereocenters. The van der Waals surface area contributed by atoms with Crippen molar-refractivity contribution >= 4 is 15.9 Å². The topological polar surface area (TPSA) is 27.7 Å². The van der Waals surface area contributed by atoms with E-state index in [-0.39, 0.29) is 18.3 Å². The van der Waals surface area contributed by atoms with Crippen LogP contribution in [0.2, 0.25) is 0 Å². The van der Waals surface area contributed by atoms with E-state index in [0.29, 0.717) is 0 Å². The molecule has 0 aliphatic carbocycles. The molecule has 0 aliphatic rings. The Morgan fingerprint density at radius 3 is 1.42 bits per heavy atom. The highest BCUT2D eigenvalue weighted by Crippen LogP contribution is 2.40. The first-order chi connectivity index (χ1) is 8.79. The Labute approximate surface area is 124 Å². The first kappa shape index (κ1) is 16.2. The van der Waals surface area contributed by atoms with Crippen LogP contribution in [-0.4, -0.2) is 18.3 Å².